The van der Waals surface area contributed by atoms with Gasteiger partial charge in [0.05, 0.1) is 4.92 Å². The molecule has 7 nitrogen and oxygen atoms in total. The molecule has 1 aliphatic carbocycles. The first kappa shape index (κ1) is 15.5. The highest BCUT2D eigenvalue weighted by atomic mass is 16.6. The molecule has 0 atom stereocenters. The molecule has 1 amide bonds. The van der Waals surface area contributed by atoms with Crippen LogP contribution in [0.3, 0.4) is 0 Å². The van der Waals surface area contributed by atoms with Gasteiger partial charge in [0.1, 0.15) is 18.9 Å². The van der Waals surface area contributed by atoms with E-state index < -0.39 is 4.92 Å². The van der Waals surface area contributed by atoms with Gasteiger partial charge in [-0.1, -0.05) is 13.8 Å². The molecule has 7 heteroatoms. The Balaban J connectivity index is 2.03. The summed E-state index contributed by atoms with van der Waals surface area (Å²) in [5.41, 5.74) is 0.200. The predicted octanol–water partition coefficient (Wildman–Crippen LogP) is 2.22. The lowest BCUT2D eigenvalue weighted by molar-refractivity contribution is -0.385. The van der Waals surface area contributed by atoms with Crippen molar-refractivity contribution in [1.82, 2.24) is 14.7 Å². The minimum atomic E-state index is -0.511. The first-order valence-corrected chi connectivity index (χ1v) is 7.17. The van der Waals surface area contributed by atoms with Crippen LogP contribution in [0.25, 0.3) is 0 Å². The fraction of sp³-hybridized carbons (Fsp3) is 0.714. The van der Waals surface area contributed by atoms with E-state index in [9.17, 15) is 14.9 Å². The number of carbonyl (C=O) groups excluding carboxylic acids is 1. The standard InChI is InChI=1S/C14H22N4O3/c1-10(2)17(11-5-14(3,4)6-11)13(19)9-16-8-12(7-15-16)18(20)21/h7-8,10-11H,5-6,9H2,1-4H3. The second-order valence-corrected chi connectivity index (χ2v) is 6.77. The molecule has 1 aromatic rings. The first-order chi connectivity index (χ1) is 9.69. The van der Waals surface area contributed by atoms with Crippen LogP contribution in [-0.4, -0.2) is 37.6 Å². The number of nitro groups is 1. The summed E-state index contributed by atoms with van der Waals surface area (Å²) in [6.45, 7) is 8.43. The Morgan fingerprint density at radius 3 is 2.62 bits per heavy atom. The van der Waals surface area contributed by atoms with Gasteiger partial charge < -0.3 is 4.90 Å². The molecule has 0 aromatic carbocycles. The SMILES string of the molecule is CC(C)N(C(=O)Cn1cc([N+](=O)[O-])cn1)C1CC(C)(C)C1. The molecule has 1 fully saturated rings. The quantitative estimate of drug-likeness (QED) is 0.616. The molecule has 116 valence electrons. The lowest BCUT2D eigenvalue weighted by atomic mass is 9.67. The molecule has 0 unspecified atom stereocenters. The van der Waals surface area contributed by atoms with Crippen molar-refractivity contribution in [3.63, 3.8) is 0 Å². The zero-order valence-electron chi connectivity index (χ0n) is 12.9. The summed E-state index contributed by atoms with van der Waals surface area (Å²) < 4.78 is 1.33. The van der Waals surface area contributed by atoms with Gasteiger partial charge in [0, 0.05) is 12.1 Å². The van der Waals surface area contributed by atoms with Gasteiger partial charge in [-0.05, 0) is 32.1 Å². The Bertz CT molecular complexity index is 542. The number of hydrogen-bond acceptors (Lipinski definition) is 4. The topological polar surface area (TPSA) is 81.3 Å². The molecular formula is C14H22N4O3. The smallest absolute Gasteiger partial charge is 0.307 e. The van der Waals surface area contributed by atoms with Crippen LogP contribution in [0, 0.1) is 15.5 Å². The van der Waals surface area contributed by atoms with Crippen LogP contribution < -0.4 is 0 Å². The molecule has 1 aromatic heterocycles. The summed E-state index contributed by atoms with van der Waals surface area (Å²) in [5, 5.41) is 14.5. The van der Waals surface area contributed by atoms with Gasteiger partial charge in [0.15, 0.2) is 0 Å². The molecule has 0 aliphatic heterocycles. The van der Waals surface area contributed by atoms with Crippen LogP contribution >= 0.6 is 0 Å². The van der Waals surface area contributed by atoms with Gasteiger partial charge in [-0.2, -0.15) is 5.10 Å². The number of hydrogen-bond donors (Lipinski definition) is 0. The van der Waals surface area contributed by atoms with E-state index in [0.717, 1.165) is 12.8 Å². The molecule has 1 aliphatic rings. The molecule has 0 N–H and O–H groups in total. The fourth-order valence-corrected chi connectivity index (χ4v) is 3.08. The predicted molar refractivity (Wildman–Crippen MR) is 77.7 cm³/mol. The first-order valence-electron chi connectivity index (χ1n) is 7.17. The van der Waals surface area contributed by atoms with Crippen LogP contribution in [0.2, 0.25) is 0 Å². The normalized spacial score (nSPS) is 17.6. The number of amides is 1. The van der Waals surface area contributed by atoms with Gasteiger partial charge in [0.2, 0.25) is 5.91 Å². The molecule has 0 bridgehead atoms. The van der Waals surface area contributed by atoms with Crippen molar-refractivity contribution < 1.29 is 9.72 Å². The minimum Gasteiger partial charge on any atom is -0.336 e. The zero-order valence-corrected chi connectivity index (χ0v) is 12.9. The molecular weight excluding hydrogens is 272 g/mol. The van der Waals surface area contributed by atoms with E-state index in [-0.39, 0.29) is 30.2 Å². The lowest BCUT2D eigenvalue weighted by Crippen LogP contribution is -2.54. The van der Waals surface area contributed by atoms with Gasteiger partial charge in [-0.25, -0.2) is 0 Å². The number of rotatable bonds is 5. The molecule has 0 saturated heterocycles. The molecule has 2 rings (SSSR count). The summed E-state index contributed by atoms with van der Waals surface area (Å²) in [4.78, 5) is 24.5. The monoisotopic (exact) mass is 294 g/mol. The molecule has 0 spiro atoms. The largest absolute Gasteiger partial charge is 0.336 e. The average molecular weight is 294 g/mol. The third-order valence-electron chi connectivity index (χ3n) is 3.94. The van der Waals surface area contributed by atoms with Crippen LogP contribution in [0.15, 0.2) is 12.4 Å². The molecule has 21 heavy (non-hydrogen) atoms. The second-order valence-electron chi connectivity index (χ2n) is 6.77. The van der Waals surface area contributed by atoms with E-state index in [4.69, 9.17) is 0 Å². The summed E-state index contributed by atoms with van der Waals surface area (Å²) in [5.74, 6) is -0.0384. The molecule has 0 radical (unpaired) electrons. The Hall–Kier alpha value is -1.92. The Morgan fingerprint density at radius 1 is 1.57 bits per heavy atom. The van der Waals surface area contributed by atoms with Crippen molar-refractivity contribution in [2.45, 2.75) is 59.2 Å². The van der Waals surface area contributed by atoms with E-state index in [1.165, 1.54) is 17.1 Å². The Labute approximate surface area is 124 Å². The van der Waals surface area contributed by atoms with Crippen molar-refractivity contribution in [2.75, 3.05) is 0 Å². The maximum absolute atomic E-state index is 12.5. The molecule has 1 saturated carbocycles. The van der Waals surface area contributed by atoms with Crippen molar-refractivity contribution in [1.29, 1.82) is 0 Å². The average Bonchev–Trinajstić information content (AvgIpc) is 2.74. The summed E-state index contributed by atoms with van der Waals surface area (Å²) in [6, 6.07) is 0.377. The van der Waals surface area contributed by atoms with E-state index in [0.29, 0.717) is 5.41 Å². The maximum atomic E-state index is 12.5. The van der Waals surface area contributed by atoms with Crippen molar-refractivity contribution >= 4 is 11.6 Å². The lowest BCUT2D eigenvalue weighted by Gasteiger charge is -2.49. The number of carbonyl (C=O) groups is 1. The molecule has 1 heterocycles. The fourth-order valence-electron chi connectivity index (χ4n) is 3.08. The summed E-state index contributed by atoms with van der Waals surface area (Å²) in [6.07, 6.45) is 4.45. The van der Waals surface area contributed by atoms with E-state index in [2.05, 4.69) is 18.9 Å². The van der Waals surface area contributed by atoms with E-state index >= 15 is 0 Å². The number of nitrogens with zero attached hydrogens (tertiary/aromatic N) is 4. The third-order valence-corrected chi connectivity index (χ3v) is 3.94. The van der Waals surface area contributed by atoms with Crippen LogP contribution in [0.4, 0.5) is 5.69 Å². The maximum Gasteiger partial charge on any atom is 0.307 e. The third kappa shape index (κ3) is 3.40. The highest BCUT2D eigenvalue weighted by molar-refractivity contribution is 5.76. The van der Waals surface area contributed by atoms with Crippen molar-refractivity contribution in [2.24, 2.45) is 5.41 Å². The van der Waals surface area contributed by atoms with Gasteiger partial charge in [-0.3, -0.25) is 19.6 Å². The van der Waals surface area contributed by atoms with Crippen LogP contribution in [0.1, 0.15) is 40.5 Å². The van der Waals surface area contributed by atoms with Crippen molar-refractivity contribution in [3.05, 3.63) is 22.5 Å². The van der Waals surface area contributed by atoms with Crippen molar-refractivity contribution in [3.8, 4) is 0 Å². The van der Waals surface area contributed by atoms with Gasteiger partial charge >= 0.3 is 5.69 Å². The number of aromatic nitrogens is 2. The highest BCUT2D eigenvalue weighted by Crippen LogP contribution is 2.43. The Morgan fingerprint density at radius 2 is 2.19 bits per heavy atom. The van der Waals surface area contributed by atoms with Gasteiger partial charge in [0.25, 0.3) is 0 Å². The Kier molecular flexibility index (Phi) is 4.02. The van der Waals surface area contributed by atoms with E-state index in [1.807, 2.05) is 18.7 Å². The van der Waals surface area contributed by atoms with Gasteiger partial charge in [-0.15, -0.1) is 0 Å². The van der Waals surface area contributed by atoms with Crippen LogP contribution in [-0.2, 0) is 11.3 Å². The highest BCUT2D eigenvalue weighted by Gasteiger charge is 2.42. The minimum absolute atomic E-state index is 0.0384. The zero-order chi connectivity index (χ0) is 15.8. The van der Waals surface area contributed by atoms with E-state index in [1.54, 1.807) is 0 Å². The van der Waals surface area contributed by atoms with Crippen LogP contribution in [0.5, 0.6) is 0 Å². The summed E-state index contributed by atoms with van der Waals surface area (Å²) in [7, 11) is 0. The summed E-state index contributed by atoms with van der Waals surface area (Å²) >= 11 is 0. The second kappa shape index (κ2) is 5.46.